The Bertz CT molecular complexity index is 719. The van der Waals surface area contributed by atoms with Crippen molar-refractivity contribution in [2.75, 3.05) is 19.7 Å². The Morgan fingerprint density at radius 2 is 2.15 bits per heavy atom. The van der Waals surface area contributed by atoms with Crippen LogP contribution in [0.3, 0.4) is 0 Å². The number of aryl methyl sites for hydroxylation is 1. The summed E-state index contributed by atoms with van der Waals surface area (Å²) in [6, 6.07) is 7.03. The van der Waals surface area contributed by atoms with Crippen molar-refractivity contribution >= 4 is 5.96 Å². The largest absolute Gasteiger partial charge is 0.488 e. The lowest BCUT2D eigenvalue weighted by atomic mass is 10.2. The molecule has 2 rings (SSSR count). The summed E-state index contributed by atoms with van der Waals surface area (Å²) in [5, 5.41) is 14.4. The average Bonchev–Trinajstić information content (AvgIpc) is 3.12. The molecule has 1 aromatic heterocycles. The Kier molecular flexibility index (Phi) is 8.47. The molecule has 2 aromatic rings. The van der Waals surface area contributed by atoms with Crippen LogP contribution in [0.5, 0.6) is 5.75 Å². The smallest absolute Gasteiger partial charge is 0.272 e. The number of nitrogens with zero attached hydrogens (tertiary/aromatic N) is 4. The van der Waals surface area contributed by atoms with Crippen LogP contribution in [0.25, 0.3) is 0 Å². The number of halogens is 2. The highest BCUT2D eigenvalue weighted by molar-refractivity contribution is 5.79. The third-order valence-corrected chi connectivity index (χ3v) is 3.70. The van der Waals surface area contributed by atoms with Crippen LogP contribution in [-0.4, -0.2) is 46.8 Å². The first kappa shape index (κ1) is 20.6. The minimum absolute atomic E-state index is 0.411. The lowest BCUT2D eigenvalue weighted by Crippen LogP contribution is -2.38. The van der Waals surface area contributed by atoms with Gasteiger partial charge in [-0.3, -0.25) is 0 Å². The second kappa shape index (κ2) is 11.1. The lowest BCUT2D eigenvalue weighted by Gasteiger charge is -2.12. The molecule has 0 bridgehead atoms. The van der Waals surface area contributed by atoms with Crippen LogP contribution in [0.15, 0.2) is 35.6 Å². The van der Waals surface area contributed by atoms with E-state index in [1.807, 2.05) is 24.5 Å². The molecule has 0 aliphatic rings. The summed E-state index contributed by atoms with van der Waals surface area (Å²) in [5.41, 5.74) is 0.881. The number of nitrogens with one attached hydrogen (secondary N) is 2. The maximum Gasteiger partial charge on any atom is 0.272 e. The van der Waals surface area contributed by atoms with Crippen LogP contribution in [-0.2, 0) is 19.5 Å². The van der Waals surface area contributed by atoms with E-state index in [-0.39, 0.29) is 0 Å². The number of hydrogen-bond donors (Lipinski definition) is 2. The SMILES string of the molecule is CCNC(=NCc1cccc(OCC(F)F)c1)NCCn1cnnc1CC. The molecule has 9 heteroatoms. The topological polar surface area (TPSA) is 76.4 Å². The van der Waals surface area contributed by atoms with E-state index in [1.165, 1.54) is 0 Å². The highest BCUT2D eigenvalue weighted by Crippen LogP contribution is 2.14. The van der Waals surface area contributed by atoms with Gasteiger partial charge in [-0.05, 0) is 24.6 Å². The molecule has 2 N–H and O–H groups in total. The van der Waals surface area contributed by atoms with E-state index in [0.29, 0.717) is 24.8 Å². The van der Waals surface area contributed by atoms with Gasteiger partial charge in [0.1, 0.15) is 24.5 Å². The van der Waals surface area contributed by atoms with E-state index in [4.69, 9.17) is 4.74 Å². The molecule has 0 aliphatic heterocycles. The fourth-order valence-electron chi connectivity index (χ4n) is 2.44. The van der Waals surface area contributed by atoms with Crippen molar-refractivity contribution in [3.63, 3.8) is 0 Å². The predicted octanol–water partition coefficient (Wildman–Crippen LogP) is 2.24. The first-order valence-electron chi connectivity index (χ1n) is 9.01. The van der Waals surface area contributed by atoms with Crippen molar-refractivity contribution in [1.29, 1.82) is 0 Å². The van der Waals surface area contributed by atoms with Gasteiger partial charge in [0.2, 0.25) is 0 Å². The molecule has 0 fully saturated rings. The van der Waals surface area contributed by atoms with Crippen molar-refractivity contribution in [1.82, 2.24) is 25.4 Å². The molecule has 0 aliphatic carbocycles. The van der Waals surface area contributed by atoms with Crippen LogP contribution in [0.2, 0.25) is 0 Å². The Balaban J connectivity index is 1.89. The summed E-state index contributed by atoms with van der Waals surface area (Å²) in [6.07, 6.45) is 0.0586. The van der Waals surface area contributed by atoms with Crippen LogP contribution in [0.4, 0.5) is 8.78 Å². The van der Waals surface area contributed by atoms with Gasteiger partial charge in [-0.2, -0.15) is 0 Å². The summed E-state index contributed by atoms with van der Waals surface area (Å²) < 4.78 is 31.6. The standard InChI is InChI=1S/C18H26F2N6O/c1-3-17-25-24-13-26(17)9-8-22-18(21-4-2)23-11-14-6-5-7-15(10-14)27-12-16(19)20/h5-7,10,13,16H,3-4,8-9,11-12H2,1-2H3,(H2,21,22,23). The third-order valence-electron chi connectivity index (χ3n) is 3.70. The van der Waals surface area contributed by atoms with Crippen molar-refractivity contribution < 1.29 is 13.5 Å². The molecular weight excluding hydrogens is 354 g/mol. The van der Waals surface area contributed by atoms with Crippen molar-refractivity contribution in [2.24, 2.45) is 4.99 Å². The molecule has 1 aromatic carbocycles. The number of aliphatic imine (C=N–C) groups is 1. The Labute approximate surface area is 157 Å². The van der Waals surface area contributed by atoms with Gasteiger partial charge in [-0.15, -0.1) is 10.2 Å². The second-order valence-electron chi connectivity index (χ2n) is 5.77. The first-order valence-corrected chi connectivity index (χ1v) is 9.01. The summed E-state index contributed by atoms with van der Waals surface area (Å²) in [4.78, 5) is 4.53. The minimum Gasteiger partial charge on any atom is -0.488 e. The second-order valence-corrected chi connectivity index (χ2v) is 5.77. The predicted molar refractivity (Wildman–Crippen MR) is 100 cm³/mol. The summed E-state index contributed by atoms with van der Waals surface area (Å²) in [5.74, 6) is 2.04. The number of guanidine groups is 1. The number of hydrogen-bond acceptors (Lipinski definition) is 4. The van der Waals surface area contributed by atoms with Gasteiger partial charge in [0.05, 0.1) is 6.54 Å². The molecule has 7 nitrogen and oxygen atoms in total. The van der Waals surface area contributed by atoms with Gasteiger partial charge < -0.3 is 19.9 Å². The molecule has 0 saturated heterocycles. The Morgan fingerprint density at radius 3 is 2.89 bits per heavy atom. The van der Waals surface area contributed by atoms with Crippen molar-refractivity contribution in [3.8, 4) is 5.75 Å². The van der Waals surface area contributed by atoms with Gasteiger partial charge in [-0.25, -0.2) is 13.8 Å². The van der Waals surface area contributed by atoms with E-state index in [0.717, 1.165) is 30.9 Å². The van der Waals surface area contributed by atoms with Crippen molar-refractivity contribution in [3.05, 3.63) is 42.0 Å². The normalized spacial score (nSPS) is 11.7. The third kappa shape index (κ3) is 7.20. The molecular formula is C18H26F2N6O. The maximum atomic E-state index is 12.3. The van der Waals surface area contributed by atoms with E-state index < -0.39 is 13.0 Å². The van der Waals surface area contributed by atoms with E-state index in [1.54, 1.807) is 24.5 Å². The highest BCUT2D eigenvalue weighted by atomic mass is 19.3. The molecule has 1 heterocycles. The Morgan fingerprint density at radius 1 is 1.30 bits per heavy atom. The fraction of sp³-hybridized carbons (Fsp3) is 0.500. The Hall–Kier alpha value is -2.71. The highest BCUT2D eigenvalue weighted by Gasteiger charge is 2.05. The van der Waals surface area contributed by atoms with Gasteiger partial charge in [0, 0.05) is 26.1 Å². The van der Waals surface area contributed by atoms with Gasteiger partial charge in [-0.1, -0.05) is 19.1 Å². The number of alkyl halides is 2. The van der Waals surface area contributed by atoms with E-state index in [9.17, 15) is 8.78 Å². The molecule has 148 valence electrons. The zero-order valence-corrected chi connectivity index (χ0v) is 15.7. The van der Waals surface area contributed by atoms with Crippen molar-refractivity contribution in [2.45, 2.75) is 39.8 Å². The van der Waals surface area contributed by atoms with Gasteiger partial charge >= 0.3 is 0 Å². The molecule has 0 spiro atoms. The van der Waals surface area contributed by atoms with Crippen LogP contribution >= 0.6 is 0 Å². The zero-order valence-electron chi connectivity index (χ0n) is 15.7. The molecule has 0 unspecified atom stereocenters. The number of aromatic nitrogens is 3. The maximum absolute atomic E-state index is 12.3. The monoisotopic (exact) mass is 380 g/mol. The summed E-state index contributed by atoms with van der Waals surface area (Å²) in [6.45, 7) is 5.97. The molecule has 0 amide bonds. The van der Waals surface area contributed by atoms with Crippen LogP contribution < -0.4 is 15.4 Å². The van der Waals surface area contributed by atoms with E-state index >= 15 is 0 Å². The summed E-state index contributed by atoms with van der Waals surface area (Å²) in [7, 11) is 0. The van der Waals surface area contributed by atoms with Crippen LogP contribution in [0, 0.1) is 0 Å². The molecule has 0 atom stereocenters. The van der Waals surface area contributed by atoms with Gasteiger partial charge in [0.25, 0.3) is 6.43 Å². The molecule has 0 radical (unpaired) electrons. The number of ether oxygens (including phenoxy) is 1. The zero-order chi connectivity index (χ0) is 19.5. The fourth-order valence-corrected chi connectivity index (χ4v) is 2.44. The van der Waals surface area contributed by atoms with Gasteiger partial charge in [0.15, 0.2) is 5.96 Å². The number of rotatable bonds is 10. The average molecular weight is 380 g/mol. The molecule has 0 saturated carbocycles. The number of benzene rings is 1. The minimum atomic E-state index is -2.49. The van der Waals surface area contributed by atoms with Crippen LogP contribution in [0.1, 0.15) is 25.2 Å². The quantitative estimate of drug-likeness (QED) is 0.488. The van der Waals surface area contributed by atoms with E-state index in [2.05, 4.69) is 25.8 Å². The first-order chi connectivity index (χ1) is 13.1. The lowest BCUT2D eigenvalue weighted by molar-refractivity contribution is 0.0818. The molecule has 27 heavy (non-hydrogen) atoms. The summed E-state index contributed by atoms with van der Waals surface area (Å²) >= 11 is 0.